The lowest BCUT2D eigenvalue weighted by Gasteiger charge is -2.20. The molecular formula is C15H18ClNO3. The van der Waals surface area contributed by atoms with Crippen LogP contribution in [0.3, 0.4) is 0 Å². The summed E-state index contributed by atoms with van der Waals surface area (Å²) in [4.78, 5) is 25.3. The van der Waals surface area contributed by atoms with Gasteiger partial charge in [0.2, 0.25) is 0 Å². The number of rotatable bonds is 6. The third kappa shape index (κ3) is 4.70. The Balaban J connectivity index is 2.58. The summed E-state index contributed by atoms with van der Waals surface area (Å²) in [6.07, 6.45) is 0. The highest BCUT2D eigenvalue weighted by atomic mass is 35.5. The summed E-state index contributed by atoms with van der Waals surface area (Å²) in [5, 5.41) is 0.305. The number of carbonyl (C=O) groups is 2. The van der Waals surface area contributed by atoms with Crippen molar-refractivity contribution in [3.05, 3.63) is 47.0 Å². The van der Waals surface area contributed by atoms with Crippen molar-refractivity contribution in [3.63, 3.8) is 0 Å². The molecule has 4 nitrogen and oxygen atoms in total. The van der Waals surface area contributed by atoms with Crippen LogP contribution >= 0.6 is 11.6 Å². The minimum absolute atomic E-state index is 0.254. The molecule has 0 aromatic heterocycles. The Labute approximate surface area is 124 Å². The third-order valence-electron chi connectivity index (χ3n) is 2.62. The molecule has 0 fully saturated rings. The second kappa shape index (κ2) is 7.70. The summed E-state index contributed by atoms with van der Waals surface area (Å²) in [6.45, 7) is 8.15. The van der Waals surface area contributed by atoms with Gasteiger partial charge >= 0.3 is 5.97 Å². The first kappa shape index (κ1) is 16.2. The Morgan fingerprint density at radius 2 is 2.00 bits per heavy atom. The van der Waals surface area contributed by atoms with E-state index in [2.05, 4.69) is 6.58 Å². The lowest BCUT2D eigenvalue weighted by Crippen LogP contribution is -2.35. The van der Waals surface area contributed by atoms with E-state index in [4.69, 9.17) is 16.3 Å². The number of halogens is 1. The summed E-state index contributed by atoms with van der Waals surface area (Å²) in [6, 6.07) is 6.56. The number of benzene rings is 1. The normalized spacial score (nSPS) is 9.95. The van der Waals surface area contributed by atoms with Gasteiger partial charge in [0.25, 0.3) is 5.91 Å². The van der Waals surface area contributed by atoms with Crippen molar-refractivity contribution < 1.29 is 14.3 Å². The molecule has 0 spiro atoms. The van der Waals surface area contributed by atoms with Crippen molar-refractivity contribution in [2.75, 3.05) is 19.7 Å². The zero-order valence-corrected chi connectivity index (χ0v) is 12.4. The summed E-state index contributed by atoms with van der Waals surface area (Å²) in [5.41, 5.74) is 1.13. The topological polar surface area (TPSA) is 46.6 Å². The summed E-state index contributed by atoms with van der Waals surface area (Å²) < 4.78 is 4.99. The molecule has 1 rings (SSSR count). The zero-order chi connectivity index (χ0) is 15.1. The fourth-order valence-corrected chi connectivity index (χ4v) is 1.84. The van der Waals surface area contributed by atoms with Gasteiger partial charge in [-0.05, 0) is 26.0 Å². The van der Waals surface area contributed by atoms with Crippen molar-refractivity contribution in [2.24, 2.45) is 0 Å². The highest BCUT2D eigenvalue weighted by Crippen LogP contribution is 2.15. The Bertz CT molecular complexity index is 514. The van der Waals surface area contributed by atoms with Gasteiger partial charge in [0.15, 0.2) is 6.61 Å². The maximum Gasteiger partial charge on any atom is 0.340 e. The molecule has 0 N–H and O–H groups in total. The predicted molar refractivity (Wildman–Crippen MR) is 78.8 cm³/mol. The molecule has 1 aromatic rings. The summed E-state index contributed by atoms with van der Waals surface area (Å²) in [5.74, 6) is -0.855. The summed E-state index contributed by atoms with van der Waals surface area (Å²) >= 11 is 5.89. The molecule has 0 bridgehead atoms. The van der Waals surface area contributed by atoms with Crippen molar-refractivity contribution in [2.45, 2.75) is 13.8 Å². The highest BCUT2D eigenvalue weighted by molar-refractivity contribution is 6.33. The van der Waals surface area contributed by atoms with E-state index < -0.39 is 5.97 Å². The molecule has 0 aliphatic carbocycles. The average molecular weight is 296 g/mol. The highest BCUT2D eigenvalue weighted by Gasteiger charge is 2.16. The van der Waals surface area contributed by atoms with Crippen LogP contribution in [0.25, 0.3) is 0 Å². The van der Waals surface area contributed by atoms with Crippen LogP contribution in [0, 0.1) is 0 Å². The van der Waals surface area contributed by atoms with Crippen molar-refractivity contribution in [3.8, 4) is 0 Å². The fraction of sp³-hybridized carbons (Fsp3) is 0.333. The first-order valence-electron chi connectivity index (χ1n) is 6.29. The molecule has 20 heavy (non-hydrogen) atoms. The van der Waals surface area contributed by atoms with Gasteiger partial charge in [0.05, 0.1) is 10.6 Å². The lowest BCUT2D eigenvalue weighted by atomic mass is 10.2. The number of carbonyl (C=O) groups excluding carboxylic acids is 2. The van der Waals surface area contributed by atoms with E-state index in [1.165, 1.54) is 0 Å². The Hall–Kier alpha value is -1.81. The van der Waals surface area contributed by atoms with Crippen molar-refractivity contribution >= 4 is 23.5 Å². The smallest absolute Gasteiger partial charge is 0.340 e. The van der Waals surface area contributed by atoms with E-state index in [9.17, 15) is 9.59 Å². The molecule has 0 saturated carbocycles. The molecule has 0 atom stereocenters. The molecule has 1 aromatic carbocycles. The molecule has 0 saturated heterocycles. The predicted octanol–water partition coefficient (Wildman–Crippen LogP) is 2.92. The number of hydrogen-bond donors (Lipinski definition) is 0. The largest absolute Gasteiger partial charge is 0.452 e. The van der Waals surface area contributed by atoms with Crippen LogP contribution in [-0.2, 0) is 9.53 Å². The standard InChI is InChI=1S/C15H18ClNO3/c1-4-17(9-11(2)3)14(18)10-20-15(19)12-7-5-6-8-13(12)16/h5-8H,2,4,9-10H2,1,3H3. The molecule has 0 aliphatic rings. The van der Waals surface area contributed by atoms with Crippen molar-refractivity contribution in [1.29, 1.82) is 0 Å². The summed E-state index contributed by atoms with van der Waals surface area (Å²) in [7, 11) is 0. The average Bonchev–Trinajstić information content (AvgIpc) is 2.42. The van der Waals surface area contributed by atoms with Crippen LogP contribution in [0.5, 0.6) is 0 Å². The molecule has 1 amide bonds. The maximum atomic E-state index is 11.9. The van der Waals surface area contributed by atoms with Gasteiger partial charge < -0.3 is 9.64 Å². The Morgan fingerprint density at radius 1 is 1.35 bits per heavy atom. The number of likely N-dealkylation sites (N-methyl/N-ethyl adjacent to an activating group) is 1. The van der Waals surface area contributed by atoms with E-state index in [1.54, 1.807) is 29.2 Å². The van der Waals surface area contributed by atoms with Crippen molar-refractivity contribution in [1.82, 2.24) is 4.90 Å². The second-order valence-corrected chi connectivity index (χ2v) is 4.83. The third-order valence-corrected chi connectivity index (χ3v) is 2.95. The van der Waals surface area contributed by atoms with Crippen LogP contribution < -0.4 is 0 Å². The molecule has 0 heterocycles. The first-order chi connectivity index (χ1) is 9.45. The van der Waals surface area contributed by atoms with Crippen LogP contribution in [0.2, 0.25) is 5.02 Å². The van der Waals surface area contributed by atoms with Crippen LogP contribution in [-0.4, -0.2) is 36.5 Å². The minimum atomic E-state index is -0.602. The number of esters is 1. The minimum Gasteiger partial charge on any atom is -0.452 e. The van der Waals surface area contributed by atoms with Gasteiger partial charge in [0.1, 0.15) is 0 Å². The number of ether oxygens (including phenoxy) is 1. The van der Waals surface area contributed by atoms with Gasteiger partial charge in [-0.3, -0.25) is 4.79 Å². The van der Waals surface area contributed by atoms with E-state index in [0.717, 1.165) is 5.57 Å². The van der Waals surface area contributed by atoms with Gasteiger partial charge in [-0.1, -0.05) is 35.9 Å². The zero-order valence-electron chi connectivity index (χ0n) is 11.7. The first-order valence-corrected chi connectivity index (χ1v) is 6.67. The quantitative estimate of drug-likeness (QED) is 0.599. The number of amides is 1. The van der Waals surface area contributed by atoms with E-state index >= 15 is 0 Å². The van der Waals surface area contributed by atoms with Gasteiger partial charge in [-0.25, -0.2) is 4.79 Å². The molecule has 0 unspecified atom stereocenters. The molecule has 108 valence electrons. The van der Waals surface area contributed by atoms with Crippen LogP contribution in [0.15, 0.2) is 36.4 Å². The Kier molecular flexibility index (Phi) is 6.25. The monoisotopic (exact) mass is 295 g/mol. The molecular weight excluding hydrogens is 278 g/mol. The molecule has 0 radical (unpaired) electrons. The van der Waals surface area contributed by atoms with Gasteiger partial charge in [-0.2, -0.15) is 0 Å². The van der Waals surface area contributed by atoms with E-state index in [-0.39, 0.29) is 18.1 Å². The van der Waals surface area contributed by atoms with Gasteiger partial charge in [-0.15, -0.1) is 0 Å². The van der Waals surface area contributed by atoms with E-state index in [1.807, 2.05) is 13.8 Å². The number of hydrogen-bond acceptors (Lipinski definition) is 3. The van der Waals surface area contributed by atoms with E-state index in [0.29, 0.717) is 18.1 Å². The maximum absolute atomic E-state index is 11.9. The van der Waals surface area contributed by atoms with Gasteiger partial charge in [0, 0.05) is 13.1 Å². The Morgan fingerprint density at radius 3 is 2.55 bits per heavy atom. The molecule has 5 heteroatoms. The van der Waals surface area contributed by atoms with Crippen LogP contribution in [0.4, 0.5) is 0 Å². The van der Waals surface area contributed by atoms with Crippen LogP contribution in [0.1, 0.15) is 24.2 Å². The fourth-order valence-electron chi connectivity index (χ4n) is 1.63. The second-order valence-electron chi connectivity index (χ2n) is 4.42. The lowest BCUT2D eigenvalue weighted by molar-refractivity contribution is -0.133. The SMILES string of the molecule is C=C(C)CN(CC)C(=O)COC(=O)c1ccccc1Cl. The number of nitrogens with zero attached hydrogens (tertiary/aromatic N) is 1. The molecule has 0 aliphatic heterocycles.